The van der Waals surface area contributed by atoms with Crippen LogP contribution < -0.4 is 5.32 Å². The second-order valence-corrected chi connectivity index (χ2v) is 19.6. The van der Waals surface area contributed by atoms with Gasteiger partial charge < -0.3 is 15.5 Å². The van der Waals surface area contributed by atoms with Gasteiger partial charge in [0.25, 0.3) is 0 Å². The second kappa shape index (κ2) is 12.6. The molecule has 0 aromatic heterocycles. The van der Waals surface area contributed by atoms with E-state index in [0.717, 1.165) is 32.2 Å². The van der Waals surface area contributed by atoms with Gasteiger partial charge in [0.15, 0.2) is 0 Å². The standard InChI is InChI=1S/C44H70FNO3/c1-10-43(49,11-2)26-27-46-44-23-16-31(29(3)4)36(44)33-12-13-35-39(7)19-17-32(30-14-21-42(28-45,22-15-30)37(47)48)38(5,6)34(39)18-20-41(35,9)40(33,8)24-25-44/h14,17,31,33-36,46,49H,3,10-13,15-16,18-28H2,1-2,4-9H3,(H,47,48)/t31?,33-,34+,35-,36-,39+,40-,41-,42+,44+/m1/s1. The second-order valence-electron chi connectivity index (χ2n) is 19.6. The van der Waals surface area contributed by atoms with Crippen LogP contribution >= 0.6 is 0 Å². The summed E-state index contributed by atoms with van der Waals surface area (Å²) in [7, 11) is 0. The average Bonchev–Trinajstić information content (AvgIpc) is 3.45. The number of rotatable bonds is 10. The molecular formula is C44H70FNO3. The molecular weight excluding hydrogens is 609 g/mol. The van der Waals surface area contributed by atoms with Gasteiger partial charge in [-0.3, -0.25) is 4.79 Å². The number of aliphatic hydroxyl groups is 1. The van der Waals surface area contributed by atoms with E-state index in [1.165, 1.54) is 68.1 Å². The van der Waals surface area contributed by atoms with Crippen molar-refractivity contribution >= 4 is 5.97 Å². The maximum Gasteiger partial charge on any atom is 0.312 e. The van der Waals surface area contributed by atoms with Crippen LogP contribution in [0.3, 0.4) is 0 Å². The summed E-state index contributed by atoms with van der Waals surface area (Å²) < 4.78 is 14.0. The SMILES string of the molecule is C=C(C)C1CC[C@]2(NCCC(O)(CC)CC)CC[C@]3(C)[C@H](CC[C@@H]4[C@@]5(C)CC=C(C6=CC[C@](CF)(C(=O)O)CC6)C(C)(C)[C@@H]5CC[C@]43C)[C@@H]12. The first-order valence-electron chi connectivity index (χ1n) is 20.2. The summed E-state index contributed by atoms with van der Waals surface area (Å²) in [6.07, 6.45) is 19.6. The Morgan fingerprint density at radius 1 is 0.939 bits per heavy atom. The van der Waals surface area contributed by atoms with Crippen molar-refractivity contribution in [3.63, 3.8) is 0 Å². The number of hydrogen-bond acceptors (Lipinski definition) is 3. The molecule has 6 aliphatic carbocycles. The van der Waals surface area contributed by atoms with Gasteiger partial charge in [-0.2, -0.15) is 0 Å². The van der Waals surface area contributed by atoms with Gasteiger partial charge in [-0.25, -0.2) is 4.39 Å². The van der Waals surface area contributed by atoms with Crippen molar-refractivity contribution in [2.24, 2.45) is 56.7 Å². The van der Waals surface area contributed by atoms with Gasteiger partial charge in [0, 0.05) is 5.54 Å². The average molecular weight is 680 g/mol. The molecule has 0 spiro atoms. The molecule has 0 saturated heterocycles. The van der Waals surface area contributed by atoms with E-state index in [9.17, 15) is 19.4 Å². The summed E-state index contributed by atoms with van der Waals surface area (Å²) in [5.41, 5.74) is 3.16. The minimum atomic E-state index is -1.25. The lowest BCUT2D eigenvalue weighted by Crippen LogP contribution is -2.68. The summed E-state index contributed by atoms with van der Waals surface area (Å²) >= 11 is 0. The van der Waals surface area contributed by atoms with Crippen molar-refractivity contribution in [2.45, 2.75) is 163 Å². The Hall–Kier alpha value is -1.46. The van der Waals surface area contributed by atoms with Crippen LogP contribution in [-0.4, -0.2) is 40.5 Å². The normalized spacial score (nSPS) is 44.5. The number of alkyl halides is 1. The van der Waals surface area contributed by atoms with Gasteiger partial charge in [-0.1, -0.05) is 72.8 Å². The van der Waals surface area contributed by atoms with E-state index < -0.39 is 23.7 Å². The van der Waals surface area contributed by atoms with E-state index in [0.29, 0.717) is 48.9 Å². The molecule has 1 unspecified atom stereocenters. The van der Waals surface area contributed by atoms with E-state index >= 15 is 0 Å². The van der Waals surface area contributed by atoms with Crippen molar-refractivity contribution in [3.05, 3.63) is 35.5 Å². The van der Waals surface area contributed by atoms with Crippen molar-refractivity contribution in [3.8, 4) is 0 Å². The Bertz CT molecular complexity index is 1380. The topological polar surface area (TPSA) is 69.6 Å². The number of carboxylic acids is 1. The van der Waals surface area contributed by atoms with Crippen LogP contribution in [0.2, 0.25) is 0 Å². The highest BCUT2D eigenvalue weighted by atomic mass is 19.1. The van der Waals surface area contributed by atoms with Crippen molar-refractivity contribution in [1.82, 2.24) is 5.32 Å². The van der Waals surface area contributed by atoms with Crippen molar-refractivity contribution in [1.29, 1.82) is 0 Å². The summed E-state index contributed by atoms with van der Waals surface area (Å²) in [5, 5.41) is 25.1. The molecule has 4 saturated carbocycles. The summed E-state index contributed by atoms with van der Waals surface area (Å²) in [6.45, 7) is 24.2. The van der Waals surface area contributed by atoms with Crippen LogP contribution in [0.1, 0.15) is 152 Å². The highest BCUT2D eigenvalue weighted by Gasteiger charge is 2.70. The number of fused-ring (bicyclic) bond motifs is 7. The van der Waals surface area contributed by atoms with Crippen LogP contribution in [0.5, 0.6) is 0 Å². The molecule has 5 heteroatoms. The summed E-state index contributed by atoms with van der Waals surface area (Å²) in [6, 6.07) is 0. The van der Waals surface area contributed by atoms with Crippen molar-refractivity contribution < 1.29 is 19.4 Å². The molecule has 0 bridgehead atoms. The molecule has 0 aromatic rings. The largest absolute Gasteiger partial charge is 0.481 e. The van der Waals surface area contributed by atoms with E-state index in [4.69, 9.17) is 0 Å². The highest BCUT2D eigenvalue weighted by molar-refractivity contribution is 5.75. The maximum absolute atomic E-state index is 14.0. The monoisotopic (exact) mass is 680 g/mol. The van der Waals surface area contributed by atoms with Crippen LogP contribution in [0, 0.1) is 56.7 Å². The van der Waals surface area contributed by atoms with Gasteiger partial charge in [0.1, 0.15) is 6.67 Å². The molecule has 49 heavy (non-hydrogen) atoms. The van der Waals surface area contributed by atoms with Gasteiger partial charge >= 0.3 is 5.97 Å². The Labute approximate surface area is 298 Å². The number of halogens is 1. The molecule has 6 aliphatic rings. The number of carbonyl (C=O) groups is 1. The van der Waals surface area contributed by atoms with Crippen LogP contribution in [-0.2, 0) is 4.79 Å². The zero-order valence-electron chi connectivity index (χ0n) is 32.5. The molecule has 0 amide bonds. The Morgan fingerprint density at radius 2 is 1.65 bits per heavy atom. The predicted octanol–water partition coefficient (Wildman–Crippen LogP) is 10.6. The lowest BCUT2D eigenvalue weighted by atomic mass is 9.33. The zero-order valence-corrected chi connectivity index (χ0v) is 32.5. The van der Waals surface area contributed by atoms with Gasteiger partial charge in [-0.05, 0) is 172 Å². The first-order chi connectivity index (χ1) is 22.9. The van der Waals surface area contributed by atoms with E-state index in [1.54, 1.807) is 0 Å². The molecule has 6 rings (SSSR count). The molecule has 4 fully saturated rings. The van der Waals surface area contributed by atoms with Crippen LogP contribution in [0.25, 0.3) is 0 Å². The number of nitrogens with one attached hydrogen (secondary N) is 1. The van der Waals surface area contributed by atoms with Gasteiger partial charge in [0.2, 0.25) is 0 Å². The fourth-order valence-electron chi connectivity index (χ4n) is 14.3. The molecule has 10 atom stereocenters. The Kier molecular flexibility index (Phi) is 9.59. The fraction of sp³-hybridized carbons (Fsp3) is 0.841. The molecule has 276 valence electrons. The molecule has 0 aromatic carbocycles. The minimum absolute atomic E-state index is 0.00208. The first kappa shape index (κ1) is 37.3. The Balaban J connectivity index is 1.28. The fourth-order valence-corrected chi connectivity index (χ4v) is 14.3. The molecule has 0 aliphatic heterocycles. The summed E-state index contributed by atoms with van der Waals surface area (Å²) in [5.74, 6) is 2.10. The van der Waals surface area contributed by atoms with Gasteiger partial charge in [0.05, 0.1) is 11.0 Å². The lowest BCUT2D eigenvalue weighted by Gasteiger charge is -2.72. The third-order valence-corrected chi connectivity index (χ3v) is 17.7. The summed E-state index contributed by atoms with van der Waals surface area (Å²) in [4.78, 5) is 12.0. The zero-order chi connectivity index (χ0) is 35.8. The van der Waals surface area contributed by atoms with E-state index in [-0.39, 0.29) is 27.2 Å². The molecule has 4 nitrogen and oxygen atoms in total. The van der Waals surface area contributed by atoms with Crippen molar-refractivity contribution in [2.75, 3.05) is 13.2 Å². The Morgan fingerprint density at radius 3 is 2.24 bits per heavy atom. The first-order valence-corrected chi connectivity index (χ1v) is 20.2. The molecule has 0 radical (unpaired) electrons. The third kappa shape index (κ3) is 5.42. The number of hydrogen-bond donors (Lipinski definition) is 3. The molecule has 0 heterocycles. The predicted molar refractivity (Wildman–Crippen MR) is 199 cm³/mol. The smallest absolute Gasteiger partial charge is 0.312 e. The minimum Gasteiger partial charge on any atom is -0.481 e. The van der Waals surface area contributed by atoms with Gasteiger partial charge in [-0.15, -0.1) is 0 Å². The molecule has 3 N–H and O–H groups in total. The number of allylic oxidation sites excluding steroid dienone is 5. The number of carboxylic acid groups (broad SMARTS) is 1. The third-order valence-electron chi connectivity index (χ3n) is 17.7. The maximum atomic E-state index is 14.0. The van der Waals surface area contributed by atoms with E-state index in [1.807, 2.05) is 0 Å². The quantitative estimate of drug-likeness (QED) is 0.201. The highest BCUT2D eigenvalue weighted by Crippen LogP contribution is 2.76. The lowest BCUT2D eigenvalue weighted by molar-refractivity contribution is -0.221. The van der Waals surface area contributed by atoms with Crippen LogP contribution in [0.4, 0.5) is 4.39 Å². The van der Waals surface area contributed by atoms with Crippen LogP contribution in [0.15, 0.2) is 35.5 Å². The van der Waals surface area contributed by atoms with E-state index in [2.05, 4.69) is 79.4 Å². The number of aliphatic carboxylic acids is 1.